The third kappa shape index (κ3) is 4.09. The van der Waals surface area contributed by atoms with Crippen molar-refractivity contribution >= 4 is 34.3 Å². The molecule has 1 heterocycles. The lowest BCUT2D eigenvalue weighted by Crippen LogP contribution is -2.08. The van der Waals surface area contributed by atoms with Gasteiger partial charge in [-0.3, -0.25) is 0 Å². The van der Waals surface area contributed by atoms with Crippen molar-refractivity contribution in [2.75, 3.05) is 19.5 Å². The summed E-state index contributed by atoms with van der Waals surface area (Å²) in [4.78, 5) is 20.4. The van der Waals surface area contributed by atoms with Gasteiger partial charge in [-0.15, -0.1) is 6.58 Å². The molecule has 0 saturated carbocycles. The fourth-order valence-electron chi connectivity index (χ4n) is 3.12. The van der Waals surface area contributed by atoms with Gasteiger partial charge in [-0.1, -0.05) is 23.7 Å². The summed E-state index contributed by atoms with van der Waals surface area (Å²) in [7, 11) is 3.00. The number of nitrogens with zero attached hydrogens (tertiary/aromatic N) is 2. The molecule has 8 heteroatoms. The molecule has 2 N–H and O–H groups in total. The van der Waals surface area contributed by atoms with E-state index in [4.69, 9.17) is 21.1 Å². The second-order valence-corrected chi connectivity index (χ2v) is 6.58. The minimum atomic E-state index is -1.09. The number of nitrogens with one attached hydrogen (secondary N) is 1. The highest BCUT2D eigenvalue weighted by Gasteiger charge is 2.21. The fraction of sp³-hybridized carbons (Fsp3) is 0.190. The number of carboxylic acids is 1. The van der Waals surface area contributed by atoms with Crippen LogP contribution < -0.4 is 14.8 Å². The Hall–Kier alpha value is -3.32. The molecule has 0 aliphatic carbocycles. The van der Waals surface area contributed by atoms with Crippen molar-refractivity contribution in [3.05, 3.63) is 65.0 Å². The van der Waals surface area contributed by atoms with Crippen molar-refractivity contribution in [2.24, 2.45) is 0 Å². The Morgan fingerprint density at radius 2 is 2.07 bits per heavy atom. The summed E-state index contributed by atoms with van der Waals surface area (Å²) in [6.07, 6.45) is 3.51. The van der Waals surface area contributed by atoms with Gasteiger partial charge in [-0.25, -0.2) is 14.8 Å². The highest BCUT2D eigenvalue weighted by atomic mass is 35.5. The molecule has 0 aliphatic rings. The van der Waals surface area contributed by atoms with Gasteiger partial charge in [-0.05, 0) is 30.2 Å². The monoisotopic (exact) mass is 413 g/mol. The first-order valence-corrected chi connectivity index (χ1v) is 9.13. The van der Waals surface area contributed by atoms with Gasteiger partial charge in [0.05, 0.1) is 24.8 Å². The number of fused-ring (bicyclic) bond motifs is 1. The van der Waals surface area contributed by atoms with E-state index in [1.165, 1.54) is 19.5 Å². The van der Waals surface area contributed by atoms with Gasteiger partial charge in [0.2, 0.25) is 0 Å². The topological polar surface area (TPSA) is 93.6 Å². The van der Waals surface area contributed by atoms with Crippen LogP contribution >= 0.6 is 11.6 Å². The number of ether oxygens (including phenoxy) is 2. The summed E-state index contributed by atoms with van der Waals surface area (Å²) in [6.45, 7) is 4.18. The molecular formula is C21H20ClN3O4. The molecule has 0 fully saturated rings. The number of aromatic nitrogens is 2. The molecular weight excluding hydrogens is 394 g/mol. The summed E-state index contributed by atoms with van der Waals surface area (Å²) in [6, 6.07) is 6.99. The molecule has 3 rings (SSSR count). The number of carbonyl (C=O) groups is 1. The molecule has 0 atom stereocenters. The standard InChI is InChI=1S/C21H20ClN3O4/c1-4-5-13-18-14(9-15(21(26)27)19(13)29-3)20(25-11-24-18)23-10-12-6-7-17(28-2)16(22)8-12/h4,6-9,11H,1,5,10H2,2-3H3,(H,26,27)(H,23,24,25). The summed E-state index contributed by atoms with van der Waals surface area (Å²) in [5.74, 6) is 0.287. The average Bonchev–Trinajstić information content (AvgIpc) is 2.72. The number of halogens is 1. The highest BCUT2D eigenvalue weighted by molar-refractivity contribution is 6.32. The molecule has 0 saturated heterocycles. The van der Waals surface area contributed by atoms with Gasteiger partial charge in [0.15, 0.2) is 0 Å². The van der Waals surface area contributed by atoms with Crippen LogP contribution in [0.4, 0.5) is 5.82 Å². The fourth-order valence-corrected chi connectivity index (χ4v) is 3.41. The summed E-state index contributed by atoms with van der Waals surface area (Å²) >= 11 is 6.18. The second kappa shape index (κ2) is 8.79. The lowest BCUT2D eigenvalue weighted by molar-refractivity contribution is 0.0693. The van der Waals surface area contributed by atoms with Gasteiger partial charge in [0, 0.05) is 17.5 Å². The van der Waals surface area contributed by atoms with Crippen LogP contribution in [0.25, 0.3) is 10.9 Å². The van der Waals surface area contributed by atoms with Gasteiger partial charge >= 0.3 is 5.97 Å². The molecule has 0 aliphatic heterocycles. The maximum atomic E-state index is 11.8. The number of carboxylic acid groups (broad SMARTS) is 1. The highest BCUT2D eigenvalue weighted by Crippen LogP contribution is 2.34. The molecule has 0 amide bonds. The van der Waals surface area contributed by atoms with Crippen LogP contribution in [-0.4, -0.2) is 35.3 Å². The molecule has 0 unspecified atom stereocenters. The van der Waals surface area contributed by atoms with Gasteiger partial charge in [-0.2, -0.15) is 0 Å². The van der Waals surface area contributed by atoms with E-state index in [1.807, 2.05) is 6.07 Å². The van der Waals surface area contributed by atoms with Crippen LogP contribution in [0.1, 0.15) is 21.5 Å². The summed E-state index contributed by atoms with van der Waals surface area (Å²) in [5, 5.41) is 14.0. The zero-order chi connectivity index (χ0) is 21.0. The van der Waals surface area contributed by atoms with Crippen molar-refractivity contribution in [3.8, 4) is 11.5 Å². The van der Waals surface area contributed by atoms with E-state index in [9.17, 15) is 9.90 Å². The Bertz CT molecular complexity index is 1090. The molecule has 2 aromatic carbocycles. The van der Waals surface area contributed by atoms with Crippen molar-refractivity contribution in [2.45, 2.75) is 13.0 Å². The van der Waals surface area contributed by atoms with E-state index in [2.05, 4.69) is 21.9 Å². The van der Waals surface area contributed by atoms with E-state index in [0.29, 0.717) is 46.0 Å². The van der Waals surface area contributed by atoms with Gasteiger partial charge < -0.3 is 19.9 Å². The average molecular weight is 414 g/mol. The summed E-state index contributed by atoms with van der Waals surface area (Å²) in [5.41, 5.74) is 2.22. The zero-order valence-electron chi connectivity index (χ0n) is 16.0. The molecule has 3 aromatic rings. The second-order valence-electron chi connectivity index (χ2n) is 6.17. The third-order valence-electron chi connectivity index (χ3n) is 4.44. The van der Waals surface area contributed by atoms with Crippen molar-refractivity contribution < 1.29 is 19.4 Å². The first-order chi connectivity index (χ1) is 14.0. The van der Waals surface area contributed by atoms with E-state index in [1.54, 1.807) is 25.3 Å². The molecule has 0 spiro atoms. The summed E-state index contributed by atoms with van der Waals surface area (Å²) < 4.78 is 10.5. The molecule has 0 bridgehead atoms. The van der Waals surface area contributed by atoms with Gasteiger partial charge in [0.25, 0.3) is 0 Å². The normalized spacial score (nSPS) is 10.6. The first kappa shape index (κ1) is 20.4. The van der Waals surface area contributed by atoms with E-state index in [0.717, 1.165) is 5.56 Å². The van der Waals surface area contributed by atoms with E-state index in [-0.39, 0.29) is 11.3 Å². The van der Waals surface area contributed by atoms with Crippen molar-refractivity contribution in [1.82, 2.24) is 9.97 Å². The van der Waals surface area contributed by atoms with Crippen LogP contribution in [0.5, 0.6) is 11.5 Å². The number of allylic oxidation sites excluding steroid dienone is 1. The molecule has 29 heavy (non-hydrogen) atoms. The van der Waals surface area contributed by atoms with Crippen molar-refractivity contribution in [3.63, 3.8) is 0 Å². The number of hydrogen-bond acceptors (Lipinski definition) is 6. The number of methoxy groups -OCH3 is 2. The maximum Gasteiger partial charge on any atom is 0.339 e. The number of benzene rings is 2. The van der Waals surface area contributed by atoms with Gasteiger partial charge in [0.1, 0.15) is 29.2 Å². The van der Waals surface area contributed by atoms with Crippen LogP contribution in [0.3, 0.4) is 0 Å². The maximum absolute atomic E-state index is 11.8. The Kier molecular flexibility index (Phi) is 6.19. The third-order valence-corrected chi connectivity index (χ3v) is 4.73. The smallest absolute Gasteiger partial charge is 0.339 e. The number of hydrogen-bond donors (Lipinski definition) is 2. The van der Waals surface area contributed by atoms with Crippen LogP contribution in [-0.2, 0) is 13.0 Å². The predicted molar refractivity (Wildman–Crippen MR) is 112 cm³/mol. The lowest BCUT2D eigenvalue weighted by atomic mass is 10.0. The Morgan fingerprint density at radius 1 is 1.28 bits per heavy atom. The predicted octanol–water partition coefficient (Wildman–Crippen LogP) is 4.34. The van der Waals surface area contributed by atoms with E-state index >= 15 is 0 Å². The Morgan fingerprint density at radius 3 is 2.69 bits per heavy atom. The zero-order valence-corrected chi connectivity index (χ0v) is 16.8. The minimum absolute atomic E-state index is 0.0437. The molecule has 7 nitrogen and oxygen atoms in total. The molecule has 0 radical (unpaired) electrons. The Labute approximate surface area is 173 Å². The molecule has 1 aromatic heterocycles. The molecule has 150 valence electrons. The van der Waals surface area contributed by atoms with Crippen LogP contribution in [0.2, 0.25) is 5.02 Å². The van der Waals surface area contributed by atoms with Crippen LogP contribution in [0, 0.1) is 0 Å². The van der Waals surface area contributed by atoms with Crippen molar-refractivity contribution in [1.29, 1.82) is 0 Å². The van der Waals surface area contributed by atoms with E-state index < -0.39 is 5.97 Å². The quantitative estimate of drug-likeness (QED) is 0.530. The largest absolute Gasteiger partial charge is 0.495 e. The minimum Gasteiger partial charge on any atom is -0.495 e. The van der Waals surface area contributed by atoms with Crippen LogP contribution in [0.15, 0.2) is 43.2 Å². The Balaban J connectivity index is 2.05. The number of anilines is 1. The lowest BCUT2D eigenvalue weighted by Gasteiger charge is -2.15. The number of rotatable bonds is 8. The number of aromatic carboxylic acids is 1. The SMILES string of the molecule is C=CCc1c(OC)c(C(=O)O)cc2c(NCc3ccc(OC)c(Cl)c3)ncnc12. The first-order valence-electron chi connectivity index (χ1n) is 8.75.